The Morgan fingerprint density at radius 2 is 0.784 bits per heavy atom. The predicted molar refractivity (Wildman–Crippen MR) is 219 cm³/mol. The van der Waals surface area contributed by atoms with Crippen molar-refractivity contribution in [2.75, 3.05) is 6.61 Å². The normalized spacial score (nSPS) is 14.2. The number of hydrogen-bond donors (Lipinski definition) is 5. The van der Waals surface area contributed by atoms with E-state index in [0.29, 0.717) is 12.8 Å². The first-order chi connectivity index (χ1) is 25.0. The van der Waals surface area contributed by atoms with Crippen LogP contribution in [0, 0.1) is 0 Å². The number of amides is 1. The predicted octanol–water partition coefficient (Wildman–Crippen LogP) is 11.8. The molecule has 0 saturated heterocycles. The number of carbonyl (C=O) groups is 1. The van der Waals surface area contributed by atoms with Gasteiger partial charge in [0.15, 0.2) is 0 Å². The van der Waals surface area contributed by atoms with Crippen molar-refractivity contribution in [3.63, 3.8) is 0 Å². The van der Waals surface area contributed by atoms with Gasteiger partial charge in [-0.3, -0.25) is 4.79 Å². The second-order valence-electron chi connectivity index (χ2n) is 15.8. The molecule has 0 aromatic heterocycles. The van der Waals surface area contributed by atoms with E-state index >= 15 is 0 Å². The van der Waals surface area contributed by atoms with Gasteiger partial charge in [0.1, 0.15) is 12.2 Å². The molecule has 0 fully saturated rings. The molecule has 0 aromatic rings. The highest BCUT2D eigenvalue weighted by molar-refractivity contribution is 5.80. The molecule has 0 rings (SSSR count). The summed E-state index contributed by atoms with van der Waals surface area (Å²) >= 11 is 0. The summed E-state index contributed by atoms with van der Waals surface area (Å²) in [5.74, 6) is -0.586. The fraction of sp³-hybridized carbons (Fsp3) is 0.933. The molecule has 0 bridgehead atoms. The highest BCUT2D eigenvalue weighted by atomic mass is 16.3. The van der Waals surface area contributed by atoms with Crippen LogP contribution < -0.4 is 5.32 Å². The Morgan fingerprint density at radius 1 is 0.471 bits per heavy atom. The average molecular weight is 724 g/mol. The van der Waals surface area contributed by atoms with Crippen LogP contribution in [0.4, 0.5) is 0 Å². The molecule has 0 heterocycles. The zero-order chi connectivity index (χ0) is 37.5. The Kier molecular flexibility index (Phi) is 39.5. The molecule has 0 aliphatic heterocycles. The summed E-state index contributed by atoms with van der Waals surface area (Å²) in [5.41, 5.74) is 0. The van der Waals surface area contributed by atoms with E-state index in [1.807, 2.05) is 0 Å². The molecule has 6 heteroatoms. The lowest BCUT2D eigenvalue weighted by Crippen LogP contribution is -2.53. The molecule has 5 N–H and O–H groups in total. The van der Waals surface area contributed by atoms with E-state index in [1.54, 1.807) is 0 Å². The minimum atomic E-state index is -1.26. The highest BCUT2D eigenvalue weighted by Gasteiger charge is 2.28. The smallest absolute Gasteiger partial charge is 0.249 e. The van der Waals surface area contributed by atoms with Crippen LogP contribution in [-0.2, 0) is 4.79 Å². The van der Waals surface area contributed by atoms with Gasteiger partial charge in [0.05, 0.1) is 18.8 Å². The van der Waals surface area contributed by atoms with Crippen molar-refractivity contribution in [2.45, 2.75) is 263 Å². The Labute approximate surface area is 317 Å². The van der Waals surface area contributed by atoms with Crippen LogP contribution in [0.5, 0.6) is 0 Å². The van der Waals surface area contributed by atoms with Crippen molar-refractivity contribution >= 4 is 5.91 Å². The maximum Gasteiger partial charge on any atom is 0.249 e. The monoisotopic (exact) mass is 724 g/mol. The van der Waals surface area contributed by atoms with Gasteiger partial charge in [0.2, 0.25) is 5.91 Å². The summed E-state index contributed by atoms with van der Waals surface area (Å²) in [7, 11) is 0. The summed E-state index contributed by atoms with van der Waals surface area (Å²) in [5, 5.41) is 43.7. The van der Waals surface area contributed by atoms with Crippen molar-refractivity contribution in [3.8, 4) is 0 Å². The van der Waals surface area contributed by atoms with E-state index in [1.165, 1.54) is 167 Å². The van der Waals surface area contributed by atoms with Crippen LogP contribution in [0.15, 0.2) is 12.2 Å². The number of rotatable bonds is 41. The van der Waals surface area contributed by atoms with Gasteiger partial charge in [-0.05, 0) is 38.5 Å². The standard InChI is InChI=1S/C45H89NO5/c1-3-5-7-9-11-13-15-17-19-21-22-23-25-27-29-31-33-35-37-39-43(49)45(51)46-41(40-47)44(50)42(48)38-36-34-32-30-28-26-24-20-18-16-14-12-10-8-6-4-2/h22-23,41-44,47-50H,3-21,24-40H2,1-2H3,(H,46,51)/b23-22-. The summed E-state index contributed by atoms with van der Waals surface area (Å²) in [6.45, 7) is 4.06. The molecule has 4 unspecified atom stereocenters. The number of aliphatic hydroxyl groups excluding tert-OH is 4. The summed E-state index contributed by atoms with van der Waals surface area (Å²) in [6.07, 6.45) is 43.8. The van der Waals surface area contributed by atoms with Crippen molar-refractivity contribution in [1.82, 2.24) is 5.32 Å². The van der Waals surface area contributed by atoms with Crippen LogP contribution in [-0.4, -0.2) is 57.3 Å². The number of allylic oxidation sites excluding steroid dienone is 2. The summed E-state index contributed by atoms with van der Waals surface area (Å²) in [6, 6.07) is -0.984. The van der Waals surface area contributed by atoms with Gasteiger partial charge in [-0.2, -0.15) is 0 Å². The number of unbranched alkanes of at least 4 members (excludes halogenated alkanes) is 30. The number of carbonyl (C=O) groups excluding carboxylic acids is 1. The SMILES string of the molecule is CCCCCCCCCCC/C=C\CCCCCCCCC(O)C(=O)NC(CO)C(O)C(O)CCCCCCCCCCCCCCCCCC. The lowest BCUT2D eigenvalue weighted by molar-refractivity contribution is -0.132. The number of hydrogen-bond acceptors (Lipinski definition) is 5. The van der Waals surface area contributed by atoms with Crippen molar-refractivity contribution in [2.24, 2.45) is 0 Å². The molecular formula is C45H89NO5. The van der Waals surface area contributed by atoms with E-state index in [4.69, 9.17) is 0 Å². The molecule has 1 amide bonds. The van der Waals surface area contributed by atoms with Crippen LogP contribution >= 0.6 is 0 Å². The second-order valence-corrected chi connectivity index (χ2v) is 15.8. The molecule has 0 aliphatic rings. The Morgan fingerprint density at radius 3 is 1.14 bits per heavy atom. The topological polar surface area (TPSA) is 110 Å². The van der Waals surface area contributed by atoms with Gasteiger partial charge in [-0.1, -0.05) is 212 Å². The van der Waals surface area contributed by atoms with E-state index in [9.17, 15) is 25.2 Å². The molecule has 4 atom stereocenters. The minimum absolute atomic E-state index is 0.365. The Bertz CT molecular complexity index is 731. The molecule has 6 nitrogen and oxygen atoms in total. The Hall–Kier alpha value is -0.950. The fourth-order valence-electron chi connectivity index (χ4n) is 7.11. The van der Waals surface area contributed by atoms with Gasteiger partial charge in [-0.25, -0.2) is 0 Å². The number of nitrogens with one attached hydrogen (secondary N) is 1. The fourth-order valence-corrected chi connectivity index (χ4v) is 7.11. The van der Waals surface area contributed by atoms with Gasteiger partial charge in [-0.15, -0.1) is 0 Å². The third kappa shape index (κ3) is 34.6. The summed E-state index contributed by atoms with van der Waals surface area (Å²) < 4.78 is 0. The van der Waals surface area contributed by atoms with Crippen LogP contribution in [0.1, 0.15) is 239 Å². The van der Waals surface area contributed by atoms with E-state index in [2.05, 4.69) is 31.3 Å². The largest absolute Gasteiger partial charge is 0.394 e. The molecule has 0 aliphatic carbocycles. The lowest BCUT2D eigenvalue weighted by Gasteiger charge is -2.27. The van der Waals surface area contributed by atoms with Crippen LogP contribution in [0.3, 0.4) is 0 Å². The second kappa shape index (κ2) is 40.2. The molecule has 51 heavy (non-hydrogen) atoms. The zero-order valence-electron chi connectivity index (χ0n) is 34.1. The van der Waals surface area contributed by atoms with Crippen molar-refractivity contribution in [1.29, 1.82) is 0 Å². The van der Waals surface area contributed by atoms with Crippen molar-refractivity contribution < 1.29 is 25.2 Å². The number of aliphatic hydroxyl groups is 4. The molecule has 0 spiro atoms. The van der Waals surface area contributed by atoms with Gasteiger partial charge >= 0.3 is 0 Å². The Balaban J connectivity index is 3.72. The average Bonchev–Trinajstić information content (AvgIpc) is 3.13. The minimum Gasteiger partial charge on any atom is -0.394 e. The van der Waals surface area contributed by atoms with Crippen molar-refractivity contribution in [3.05, 3.63) is 12.2 Å². The lowest BCUT2D eigenvalue weighted by atomic mass is 9.99. The first-order valence-electron chi connectivity index (χ1n) is 22.6. The molecule has 0 radical (unpaired) electrons. The van der Waals surface area contributed by atoms with Gasteiger partial charge < -0.3 is 25.7 Å². The quantitative estimate of drug-likeness (QED) is 0.0319. The molecule has 0 aromatic carbocycles. The third-order valence-electron chi connectivity index (χ3n) is 10.7. The first kappa shape index (κ1) is 50.1. The molecule has 304 valence electrons. The van der Waals surface area contributed by atoms with Gasteiger partial charge in [0.25, 0.3) is 0 Å². The third-order valence-corrected chi connectivity index (χ3v) is 10.7. The first-order valence-corrected chi connectivity index (χ1v) is 22.6. The maximum absolute atomic E-state index is 12.5. The maximum atomic E-state index is 12.5. The molecular weight excluding hydrogens is 634 g/mol. The van der Waals surface area contributed by atoms with E-state index < -0.39 is 36.9 Å². The van der Waals surface area contributed by atoms with E-state index in [0.717, 1.165) is 44.9 Å². The van der Waals surface area contributed by atoms with Gasteiger partial charge in [0, 0.05) is 0 Å². The van der Waals surface area contributed by atoms with Crippen LogP contribution in [0.2, 0.25) is 0 Å². The molecule has 0 saturated carbocycles. The summed E-state index contributed by atoms with van der Waals surface area (Å²) in [4.78, 5) is 12.5. The highest BCUT2D eigenvalue weighted by Crippen LogP contribution is 2.17. The van der Waals surface area contributed by atoms with Crippen LogP contribution in [0.25, 0.3) is 0 Å². The van der Waals surface area contributed by atoms with E-state index in [-0.39, 0.29) is 0 Å². The zero-order valence-corrected chi connectivity index (χ0v) is 34.1.